The second-order valence-corrected chi connectivity index (χ2v) is 7.94. The van der Waals surface area contributed by atoms with Crippen molar-refractivity contribution < 1.29 is 0 Å². The molecule has 0 aromatic carbocycles. The van der Waals surface area contributed by atoms with Crippen molar-refractivity contribution in [2.24, 2.45) is 11.7 Å². The van der Waals surface area contributed by atoms with Crippen molar-refractivity contribution in [3.63, 3.8) is 0 Å². The van der Waals surface area contributed by atoms with E-state index in [0.717, 1.165) is 13.1 Å². The van der Waals surface area contributed by atoms with E-state index in [9.17, 15) is 0 Å². The topological polar surface area (TPSA) is 50.1 Å². The molecular formula is C21H45N3. The Morgan fingerprint density at radius 2 is 1.17 bits per heavy atom. The number of nitrogens with two attached hydrogens (primary N) is 1. The van der Waals surface area contributed by atoms with Crippen molar-refractivity contribution >= 4 is 0 Å². The van der Waals surface area contributed by atoms with Gasteiger partial charge in [0.05, 0.1) is 6.17 Å². The van der Waals surface area contributed by atoms with Crippen molar-refractivity contribution in [3.8, 4) is 0 Å². The van der Waals surface area contributed by atoms with Crippen LogP contribution in [0.5, 0.6) is 0 Å². The lowest BCUT2D eigenvalue weighted by atomic mass is 9.91. The molecule has 3 nitrogen and oxygen atoms in total. The van der Waals surface area contributed by atoms with Crippen LogP contribution in [0.2, 0.25) is 0 Å². The summed E-state index contributed by atoms with van der Waals surface area (Å²) >= 11 is 0. The maximum atomic E-state index is 6.18. The summed E-state index contributed by atoms with van der Waals surface area (Å²) in [5.41, 5.74) is 6.18. The average Bonchev–Trinajstić information content (AvgIpc) is 3.09. The monoisotopic (exact) mass is 339 g/mol. The van der Waals surface area contributed by atoms with Crippen LogP contribution in [-0.4, -0.2) is 25.3 Å². The molecule has 0 bridgehead atoms. The van der Waals surface area contributed by atoms with Crippen LogP contribution >= 0.6 is 0 Å². The minimum atomic E-state index is 0.283. The number of nitrogens with one attached hydrogen (secondary N) is 2. The highest BCUT2D eigenvalue weighted by Gasteiger charge is 2.26. The van der Waals surface area contributed by atoms with Crippen molar-refractivity contribution in [3.05, 3.63) is 0 Å². The van der Waals surface area contributed by atoms with E-state index in [4.69, 9.17) is 5.73 Å². The maximum absolute atomic E-state index is 6.18. The minimum absolute atomic E-state index is 0.283. The Kier molecular flexibility index (Phi) is 13.8. The fourth-order valence-electron chi connectivity index (χ4n) is 3.96. The van der Waals surface area contributed by atoms with E-state index < -0.39 is 0 Å². The summed E-state index contributed by atoms with van der Waals surface area (Å²) in [6.07, 6.45) is 20.2. The Labute approximate surface area is 151 Å². The van der Waals surface area contributed by atoms with Crippen molar-refractivity contribution in [2.45, 2.75) is 116 Å². The van der Waals surface area contributed by atoms with Gasteiger partial charge in [-0.2, -0.15) is 0 Å². The summed E-state index contributed by atoms with van der Waals surface area (Å²) in [6.45, 7) is 6.63. The van der Waals surface area contributed by atoms with E-state index >= 15 is 0 Å². The molecule has 1 rings (SSSR count). The second kappa shape index (κ2) is 15.2. The standard InChI is InChI=1S/C21H45N3/c1-3-4-5-6-7-8-9-10-11-12-13-14-15-16-20(19(2)22)21-23-17-18-24-21/h19-21,23-24H,3-18,22H2,1-2H3. The van der Waals surface area contributed by atoms with Crippen molar-refractivity contribution in [1.29, 1.82) is 0 Å². The molecule has 4 N–H and O–H groups in total. The van der Waals surface area contributed by atoms with E-state index in [0.29, 0.717) is 12.1 Å². The van der Waals surface area contributed by atoms with Gasteiger partial charge in [-0.05, 0) is 13.3 Å². The van der Waals surface area contributed by atoms with Gasteiger partial charge in [0.15, 0.2) is 0 Å². The van der Waals surface area contributed by atoms with Crippen molar-refractivity contribution in [1.82, 2.24) is 10.6 Å². The number of unbranched alkanes of at least 4 members (excludes halogenated alkanes) is 12. The molecule has 0 aliphatic carbocycles. The Morgan fingerprint density at radius 3 is 1.58 bits per heavy atom. The number of hydrogen-bond donors (Lipinski definition) is 3. The summed E-state index contributed by atoms with van der Waals surface area (Å²) in [5.74, 6) is 0.584. The summed E-state index contributed by atoms with van der Waals surface area (Å²) in [6, 6.07) is 0.283. The fraction of sp³-hybridized carbons (Fsp3) is 1.00. The van der Waals surface area contributed by atoms with E-state index in [1.807, 2.05) is 0 Å². The lowest BCUT2D eigenvalue weighted by molar-refractivity contribution is 0.289. The predicted molar refractivity (Wildman–Crippen MR) is 107 cm³/mol. The molecule has 0 amide bonds. The zero-order valence-corrected chi connectivity index (χ0v) is 16.6. The van der Waals surface area contributed by atoms with Gasteiger partial charge >= 0.3 is 0 Å². The first kappa shape index (κ1) is 21.9. The van der Waals surface area contributed by atoms with Crippen LogP contribution in [0.25, 0.3) is 0 Å². The first-order valence-electron chi connectivity index (χ1n) is 11.0. The Morgan fingerprint density at radius 1 is 0.750 bits per heavy atom. The lowest BCUT2D eigenvalue weighted by Crippen LogP contribution is -2.46. The number of rotatable bonds is 16. The first-order valence-corrected chi connectivity index (χ1v) is 11.0. The quantitative estimate of drug-likeness (QED) is 0.349. The van der Waals surface area contributed by atoms with Crippen LogP contribution in [0.15, 0.2) is 0 Å². The fourth-order valence-corrected chi connectivity index (χ4v) is 3.96. The summed E-state index contributed by atoms with van der Waals surface area (Å²) < 4.78 is 0. The summed E-state index contributed by atoms with van der Waals surface area (Å²) in [7, 11) is 0. The van der Waals surface area contributed by atoms with E-state index in [1.54, 1.807) is 0 Å². The SMILES string of the molecule is CCCCCCCCCCCCCCCC(C(C)N)C1NCCN1. The number of hydrogen-bond acceptors (Lipinski definition) is 3. The average molecular weight is 340 g/mol. The largest absolute Gasteiger partial charge is 0.328 e. The zero-order chi connectivity index (χ0) is 17.5. The third-order valence-corrected chi connectivity index (χ3v) is 5.60. The molecule has 0 spiro atoms. The van der Waals surface area contributed by atoms with Gasteiger partial charge in [-0.15, -0.1) is 0 Å². The van der Waals surface area contributed by atoms with Gasteiger partial charge in [-0.1, -0.05) is 90.4 Å². The van der Waals surface area contributed by atoms with Gasteiger partial charge in [0.25, 0.3) is 0 Å². The zero-order valence-electron chi connectivity index (χ0n) is 16.6. The van der Waals surface area contributed by atoms with Crippen LogP contribution in [0.3, 0.4) is 0 Å². The van der Waals surface area contributed by atoms with Crippen molar-refractivity contribution in [2.75, 3.05) is 13.1 Å². The highest BCUT2D eigenvalue weighted by Crippen LogP contribution is 2.19. The maximum Gasteiger partial charge on any atom is 0.0616 e. The van der Waals surface area contributed by atoms with Gasteiger partial charge in [0, 0.05) is 25.0 Å². The van der Waals surface area contributed by atoms with Gasteiger partial charge in [0.1, 0.15) is 0 Å². The molecule has 1 saturated heterocycles. The molecule has 1 aliphatic rings. The minimum Gasteiger partial charge on any atom is -0.328 e. The molecule has 144 valence electrons. The van der Waals surface area contributed by atoms with Gasteiger partial charge < -0.3 is 16.4 Å². The molecule has 2 unspecified atom stereocenters. The first-order chi connectivity index (χ1) is 11.8. The summed E-state index contributed by atoms with van der Waals surface area (Å²) in [5, 5.41) is 7.09. The lowest BCUT2D eigenvalue weighted by Gasteiger charge is -2.27. The molecule has 3 heteroatoms. The second-order valence-electron chi connectivity index (χ2n) is 7.94. The molecule has 0 aromatic rings. The van der Waals surface area contributed by atoms with Crippen LogP contribution < -0.4 is 16.4 Å². The molecule has 2 atom stereocenters. The third kappa shape index (κ3) is 10.7. The van der Waals surface area contributed by atoms with E-state index in [1.165, 1.54) is 89.9 Å². The summed E-state index contributed by atoms with van der Waals surface area (Å²) in [4.78, 5) is 0. The molecule has 0 saturated carbocycles. The van der Waals surface area contributed by atoms with Crippen LogP contribution in [0.4, 0.5) is 0 Å². The highest BCUT2D eigenvalue weighted by atomic mass is 15.2. The normalized spacial score (nSPS) is 18.1. The Hall–Kier alpha value is -0.120. The Balaban J connectivity index is 1.85. The highest BCUT2D eigenvalue weighted by molar-refractivity contribution is 4.84. The van der Waals surface area contributed by atoms with Crippen LogP contribution in [0.1, 0.15) is 104 Å². The van der Waals surface area contributed by atoms with E-state index in [-0.39, 0.29) is 6.04 Å². The smallest absolute Gasteiger partial charge is 0.0616 e. The van der Waals surface area contributed by atoms with Crippen LogP contribution in [-0.2, 0) is 0 Å². The molecule has 0 aromatic heterocycles. The third-order valence-electron chi connectivity index (χ3n) is 5.60. The molecule has 24 heavy (non-hydrogen) atoms. The predicted octanol–water partition coefficient (Wildman–Crippen LogP) is 4.95. The van der Waals surface area contributed by atoms with Gasteiger partial charge in [-0.3, -0.25) is 0 Å². The van der Waals surface area contributed by atoms with Crippen LogP contribution in [0, 0.1) is 5.92 Å². The molecule has 1 heterocycles. The van der Waals surface area contributed by atoms with Gasteiger partial charge in [-0.25, -0.2) is 0 Å². The van der Waals surface area contributed by atoms with E-state index in [2.05, 4.69) is 24.5 Å². The molecule has 1 aliphatic heterocycles. The molecular weight excluding hydrogens is 294 g/mol. The molecule has 0 radical (unpaired) electrons. The van der Waals surface area contributed by atoms with Gasteiger partial charge in [0.2, 0.25) is 0 Å². The Bertz CT molecular complexity index is 262. The molecule has 1 fully saturated rings.